The Morgan fingerprint density at radius 2 is 2.41 bits per heavy atom. The first-order chi connectivity index (χ1) is 8.27. The number of hydrogen-bond donors (Lipinski definition) is 1. The Labute approximate surface area is 109 Å². The molecule has 0 aliphatic carbocycles. The molecule has 2 nitrogen and oxygen atoms in total. The zero-order valence-electron chi connectivity index (χ0n) is 11.0. The van der Waals surface area contributed by atoms with Crippen molar-refractivity contribution in [1.82, 2.24) is 10.2 Å². The first-order valence-electron chi connectivity index (χ1n) is 6.72. The minimum Gasteiger partial charge on any atom is -0.315 e. The summed E-state index contributed by atoms with van der Waals surface area (Å²) < 4.78 is 0. The molecule has 1 aliphatic heterocycles. The maximum Gasteiger partial charge on any atom is 0.0220 e. The van der Waals surface area contributed by atoms with Crippen molar-refractivity contribution < 1.29 is 0 Å². The molecule has 2 unspecified atom stereocenters. The molecule has 17 heavy (non-hydrogen) atoms. The van der Waals surface area contributed by atoms with Gasteiger partial charge in [0.15, 0.2) is 0 Å². The number of nitrogens with zero attached hydrogens (tertiary/aromatic N) is 1. The lowest BCUT2D eigenvalue weighted by Crippen LogP contribution is -2.44. The Bertz CT molecular complexity index is 302. The van der Waals surface area contributed by atoms with Crippen molar-refractivity contribution in [2.45, 2.75) is 44.7 Å². The molecule has 0 aromatic carbocycles. The quantitative estimate of drug-likeness (QED) is 0.886. The Morgan fingerprint density at radius 3 is 3.18 bits per heavy atom. The van der Waals surface area contributed by atoms with Crippen LogP contribution in [0.25, 0.3) is 0 Å². The maximum absolute atomic E-state index is 3.55. The van der Waals surface area contributed by atoms with E-state index in [9.17, 15) is 0 Å². The molecular weight excluding hydrogens is 228 g/mol. The molecule has 1 saturated heterocycles. The first-order valence-corrected chi connectivity index (χ1v) is 7.60. The van der Waals surface area contributed by atoms with E-state index in [0.29, 0.717) is 12.1 Å². The van der Waals surface area contributed by atoms with Crippen LogP contribution >= 0.6 is 11.3 Å². The molecule has 0 radical (unpaired) electrons. The summed E-state index contributed by atoms with van der Waals surface area (Å²) in [6.45, 7) is 4.71. The van der Waals surface area contributed by atoms with Crippen molar-refractivity contribution >= 4 is 11.3 Å². The van der Waals surface area contributed by atoms with E-state index in [-0.39, 0.29) is 0 Å². The van der Waals surface area contributed by atoms with E-state index >= 15 is 0 Å². The molecule has 0 spiro atoms. The molecule has 1 fully saturated rings. The van der Waals surface area contributed by atoms with Crippen LogP contribution in [0.3, 0.4) is 0 Å². The zero-order valence-corrected chi connectivity index (χ0v) is 11.8. The van der Waals surface area contributed by atoms with Gasteiger partial charge in [0.2, 0.25) is 0 Å². The summed E-state index contributed by atoms with van der Waals surface area (Å²) in [5, 5.41) is 5.73. The van der Waals surface area contributed by atoms with Gasteiger partial charge in [0, 0.05) is 23.5 Å². The van der Waals surface area contributed by atoms with Crippen molar-refractivity contribution in [3.63, 3.8) is 0 Å². The van der Waals surface area contributed by atoms with Crippen LogP contribution in [-0.4, -0.2) is 37.1 Å². The molecule has 1 aliphatic rings. The number of rotatable bonds is 4. The van der Waals surface area contributed by atoms with Gasteiger partial charge in [-0.25, -0.2) is 0 Å². The van der Waals surface area contributed by atoms with E-state index in [4.69, 9.17) is 0 Å². The third kappa shape index (κ3) is 3.80. The third-order valence-corrected chi connectivity index (χ3v) is 4.77. The van der Waals surface area contributed by atoms with Crippen LogP contribution in [0.1, 0.15) is 31.1 Å². The predicted octanol–water partition coefficient (Wildman–Crippen LogP) is 2.75. The summed E-state index contributed by atoms with van der Waals surface area (Å²) >= 11 is 1.88. The molecule has 0 amide bonds. The predicted molar refractivity (Wildman–Crippen MR) is 75.8 cm³/mol. The van der Waals surface area contributed by atoms with Crippen LogP contribution in [-0.2, 0) is 6.42 Å². The van der Waals surface area contributed by atoms with Gasteiger partial charge in [-0.05, 0) is 51.2 Å². The van der Waals surface area contributed by atoms with Crippen molar-refractivity contribution in [3.05, 3.63) is 22.4 Å². The van der Waals surface area contributed by atoms with Gasteiger partial charge in [-0.1, -0.05) is 12.5 Å². The highest BCUT2D eigenvalue weighted by molar-refractivity contribution is 7.09. The summed E-state index contributed by atoms with van der Waals surface area (Å²) in [7, 11) is 2.29. The number of thiophene rings is 1. The van der Waals surface area contributed by atoms with Crippen molar-refractivity contribution in [1.29, 1.82) is 0 Å². The lowest BCUT2D eigenvalue weighted by atomic mass is 10.1. The molecular formula is C14H24N2S. The smallest absolute Gasteiger partial charge is 0.0220 e. The van der Waals surface area contributed by atoms with E-state index in [1.165, 1.54) is 37.1 Å². The molecule has 1 aromatic rings. The lowest BCUT2D eigenvalue weighted by Gasteiger charge is -2.32. The van der Waals surface area contributed by atoms with Crippen LogP contribution in [0.5, 0.6) is 0 Å². The third-order valence-electron chi connectivity index (χ3n) is 3.87. The fraction of sp³-hybridized carbons (Fsp3) is 0.714. The largest absolute Gasteiger partial charge is 0.315 e. The van der Waals surface area contributed by atoms with Gasteiger partial charge in [0.05, 0.1) is 0 Å². The van der Waals surface area contributed by atoms with Gasteiger partial charge >= 0.3 is 0 Å². The van der Waals surface area contributed by atoms with Gasteiger partial charge in [0.1, 0.15) is 0 Å². The Hall–Kier alpha value is -0.380. The van der Waals surface area contributed by atoms with E-state index in [1.54, 1.807) is 0 Å². The fourth-order valence-corrected chi connectivity index (χ4v) is 3.40. The molecule has 3 heteroatoms. The molecule has 1 aromatic heterocycles. The first kappa shape index (κ1) is 13.1. The van der Waals surface area contributed by atoms with E-state index in [1.807, 2.05) is 11.3 Å². The van der Waals surface area contributed by atoms with Gasteiger partial charge < -0.3 is 5.32 Å². The van der Waals surface area contributed by atoms with Crippen molar-refractivity contribution in [2.75, 3.05) is 20.1 Å². The zero-order chi connectivity index (χ0) is 12.1. The van der Waals surface area contributed by atoms with Crippen LogP contribution < -0.4 is 5.32 Å². The summed E-state index contributed by atoms with van der Waals surface area (Å²) in [6, 6.07) is 5.76. The molecule has 0 bridgehead atoms. The van der Waals surface area contributed by atoms with Gasteiger partial charge in [-0.2, -0.15) is 0 Å². The van der Waals surface area contributed by atoms with Crippen LogP contribution in [0.4, 0.5) is 0 Å². The Morgan fingerprint density at radius 1 is 1.53 bits per heavy atom. The fourth-order valence-electron chi connectivity index (χ4n) is 2.57. The maximum atomic E-state index is 3.55. The highest BCUT2D eigenvalue weighted by atomic mass is 32.1. The van der Waals surface area contributed by atoms with Crippen LogP contribution in [0.2, 0.25) is 0 Å². The number of hydrogen-bond acceptors (Lipinski definition) is 3. The summed E-state index contributed by atoms with van der Waals surface area (Å²) in [6.07, 6.45) is 5.24. The molecule has 96 valence electrons. The van der Waals surface area contributed by atoms with Gasteiger partial charge in [-0.15, -0.1) is 11.3 Å². The van der Waals surface area contributed by atoms with Crippen LogP contribution in [0, 0.1) is 0 Å². The Balaban J connectivity index is 1.86. The lowest BCUT2D eigenvalue weighted by molar-refractivity contribution is 0.175. The van der Waals surface area contributed by atoms with E-state index < -0.39 is 0 Å². The summed E-state index contributed by atoms with van der Waals surface area (Å²) in [5.41, 5.74) is 0. The van der Waals surface area contributed by atoms with Gasteiger partial charge in [-0.3, -0.25) is 4.90 Å². The topological polar surface area (TPSA) is 15.3 Å². The highest BCUT2D eigenvalue weighted by Crippen LogP contribution is 2.17. The average molecular weight is 252 g/mol. The SMILES string of the molecule is CC(Cc1cccs1)N(C)C1CCCCNC1. The minimum atomic E-state index is 0.638. The normalized spacial score (nSPS) is 23.6. The van der Waals surface area contributed by atoms with E-state index in [0.717, 1.165) is 6.54 Å². The average Bonchev–Trinajstić information content (AvgIpc) is 2.68. The van der Waals surface area contributed by atoms with Crippen LogP contribution in [0.15, 0.2) is 17.5 Å². The number of nitrogens with one attached hydrogen (secondary N) is 1. The van der Waals surface area contributed by atoms with Crippen molar-refractivity contribution in [2.24, 2.45) is 0 Å². The number of likely N-dealkylation sites (N-methyl/N-ethyl adjacent to an activating group) is 1. The summed E-state index contributed by atoms with van der Waals surface area (Å²) in [5.74, 6) is 0. The molecule has 2 rings (SSSR count). The van der Waals surface area contributed by atoms with E-state index in [2.05, 4.69) is 41.7 Å². The molecule has 2 atom stereocenters. The monoisotopic (exact) mass is 252 g/mol. The second kappa shape index (κ2) is 6.53. The second-order valence-corrected chi connectivity index (χ2v) is 6.18. The molecule has 2 heterocycles. The highest BCUT2D eigenvalue weighted by Gasteiger charge is 2.21. The minimum absolute atomic E-state index is 0.638. The van der Waals surface area contributed by atoms with Crippen molar-refractivity contribution in [3.8, 4) is 0 Å². The molecule has 1 N–H and O–H groups in total. The summed E-state index contributed by atoms with van der Waals surface area (Å²) in [4.78, 5) is 4.07. The molecule has 0 saturated carbocycles. The van der Waals surface area contributed by atoms with Gasteiger partial charge in [0.25, 0.3) is 0 Å². The standard InChI is InChI=1S/C14H24N2S/c1-12(10-14-7-5-9-17-14)16(2)13-6-3-4-8-15-11-13/h5,7,9,12-13,15H,3-4,6,8,10-11H2,1-2H3. The second-order valence-electron chi connectivity index (χ2n) is 5.15. The Kier molecular flexibility index (Phi) is 5.01.